The van der Waals surface area contributed by atoms with E-state index in [0.29, 0.717) is 5.75 Å². The Morgan fingerprint density at radius 2 is 1.81 bits per heavy atom. The van der Waals surface area contributed by atoms with Gasteiger partial charge in [-0.2, -0.15) is 0 Å². The maximum atomic E-state index is 12.9. The predicted molar refractivity (Wildman–Crippen MR) is 97.3 cm³/mol. The molecule has 0 saturated heterocycles. The fourth-order valence-corrected chi connectivity index (χ4v) is 3.72. The average Bonchev–Trinajstić information content (AvgIpc) is 3.45. The van der Waals surface area contributed by atoms with E-state index in [2.05, 4.69) is 10.0 Å². The number of hydrogen-bond acceptors (Lipinski definition) is 5. The van der Waals surface area contributed by atoms with Gasteiger partial charge in [-0.05, 0) is 37.1 Å². The lowest BCUT2D eigenvalue weighted by Crippen LogP contribution is -2.27. The number of anilines is 1. The van der Waals surface area contributed by atoms with E-state index in [1.165, 1.54) is 26.4 Å². The second-order valence-electron chi connectivity index (χ2n) is 5.92. The molecule has 1 aliphatic carbocycles. The van der Waals surface area contributed by atoms with Crippen LogP contribution in [0.25, 0.3) is 0 Å². The fraction of sp³-hybridized carbons (Fsp3) is 0.278. The minimum absolute atomic E-state index is 0.0724. The molecule has 2 aromatic rings. The topological polar surface area (TPSA) is 93.7 Å². The monoisotopic (exact) mass is 376 g/mol. The van der Waals surface area contributed by atoms with E-state index in [1.807, 2.05) is 0 Å². The summed E-state index contributed by atoms with van der Waals surface area (Å²) in [4.78, 5) is 12.3. The minimum Gasteiger partial charge on any atom is -0.497 e. The summed E-state index contributed by atoms with van der Waals surface area (Å²) in [5.74, 6) is 0.257. The van der Waals surface area contributed by atoms with Gasteiger partial charge in [-0.1, -0.05) is 12.1 Å². The smallest absolute Gasteiger partial charge is 0.265 e. The minimum atomic E-state index is -3.99. The molecule has 2 N–H and O–H groups in total. The molecule has 1 aliphatic rings. The largest absolute Gasteiger partial charge is 0.497 e. The highest BCUT2D eigenvalue weighted by Gasteiger charge is 2.26. The van der Waals surface area contributed by atoms with Crippen LogP contribution in [0.15, 0.2) is 47.4 Å². The second-order valence-corrected chi connectivity index (χ2v) is 7.57. The number of carbonyl (C=O) groups is 1. The Morgan fingerprint density at radius 3 is 2.46 bits per heavy atom. The first-order valence-corrected chi connectivity index (χ1v) is 9.57. The van der Waals surface area contributed by atoms with Crippen molar-refractivity contribution in [1.29, 1.82) is 0 Å². The normalized spacial score (nSPS) is 13.8. The molecular weight excluding hydrogens is 356 g/mol. The van der Waals surface area contributed by atoms with Crippen LogP contribution in [0.2, 0.25) is 0 Å². The van der Waals surface area contributed by atoms with E-state index in [-0.39, 0.29) is 33.8 Å². The van der Waals surface area contributed by atoms with Crippen molar-refractivity contribution >= 4 is 21.6 Å². The molecule has 0 heterocycles. The summed E-state index contributed by atoms with van der Waals surface area (Å²) in [6, 6.07) is 11.1. The number of rotatable bonds is 7. The molecule has 0 spiro atoms. The summed E-state index contributed by atoms with van der Waals surface area (Å²) in [5.41, 5.74) is 0.473. The van der Waals surface area contributed by atoms with E-state index in [0.717, 1.165) is 12.8 Å². The van der Waals surface area contributed by atoms with Gasteiger partial charge in [-0.25, -0.2) is 8.42 Å². The Bertz CT molecular complexity index is 923. The van der Waals surface area contributed by atoms with Gasteiger partial charge < -0.3 is 14.8 Å². The van der Waals surface area contributed by atoms with Crippen LogP contribution in [0, 0.1) is 0 Å². The lowest BCUT2D eigenvalue weighted by atomic mass is 10.1. The number of amides is 1. The van der Waals surface area contributed by atoms with E-state index >= 15 is 0 Å². The van der Waals surface area contributed by atoms with Crippen LogP contribution < -0.4 is 19.5 Å². The summed E-state index contributed by atoms with van der Waals surface area (Å²) in [7, 11) is -1.16. The van der Waals surface area contributed by atoms with Gasteiger partial charge >= 0.3 is 0 Å². The van der Waals surface area contributed by atoms with Crippen molar-refractivity contribution in [3.8, 4) is 11.5 Å². The van der Waals surface area contributed by atoms with Gasteiger partial charge in [-0.15, -0.1) is 0 Å². The highest BCUT2D eigenvalue weighted by Crippen LogP contribution is 2.30. The Morgan fingerprint density at radius 1 is 1.08 bits per heavy atom. The number of nitrogens with one attached hydrogen (secondary N) is 2. The van der Waals surface area contributed by atoms with E-state index in [1.54, 1.807) is 30.3 Å². The predicted octanol–water partition coefficient (Wildman–Crippen LogP) is 2.40. The van der Waals surface area contributed by atoms with Crippen molar-refractivity contribution in [3.05, 3.63) is 48.0 Å². The highest BCUT2D eigenvalue weighted by atomic mass is 32.2. The van der Waals surface area contributed by atoms with Crippen molar-refractivity contribution in [2.75, 3.05) is 18.9 Å². The zero-order valence-corrected chi connectivity index (χ0v) is 15.3. The van der Waals surface area contributed by atoms with Crippen LogP contribution in [-0.4, -0.2) is 34.6 Å². The molecule has 0 radical (unpaired) electrons. The molecular formula is C18H20N2O5S. The SMILES string of the molecule is COc1ccc(OC)c(S(=O)(=O)Nc2ccccc2C(=O)NC2CC2)c1. The number of para-hydroxylation sites is 1. The Hall–Kier alpha value is -2.74. The third-order valence-electron chi connectivity index (χ3n) is 3.99. The van der Waals surface area contributed by atoms with Gasteiger partial charge in [-0.3, -0.25) is 9.52 Å². The quantitative estimate of drug-likeness (QED) is 0.774. The number of carbonyl (C=O) groups excluding carboxylic acids is 1. The first-order chi connectivity index (χ1) is 12.4. The van der Waals surface area contributed by atoms with E-state index < -0.39 is 10.0 Å². The molecule has 0 atom stereocenters. The zero-order valence-electron chi connectivity index (χ0n) is 14.5. The molecule has 138 valence electrons. The molecule has 1 amide bonds. The van der Waals surface area contributed by atoms with Crippen molar-refractivity contribution in [2.24, 2.45) is 0 Å². The lowest BCUT2D eigenvalue weighted by Gasteiger charge is -2.15. The Balaban J connectivity index is 1.94. The summed E-state index contributed by atoms with van der Waals surface area (Å²) in [6.07, 6.45) is 1.89. The first-order valence-electron chi connectivity index (χ1n) is 8.09. The third kappa shape index (κ3) is 3.91. The third-order valence-corrected chi connectivity index (χ3v) is 5.38. The molecule has 2 aromatic carbocycles. The number of methoxy groups -OCH3 is 2. The van der Waals surface area contributed by atoms with Crippen molar-refractivity contribution < 1.29 is 22.7 Å². The summed E-state index contributed by atoms with van der Waals surface area (Å²) < 4.78 is 38.5. The first kappa shape index (κ1) is 18.1. The number of hydrogen-bond donors (Lipinski definition) is 2. The molecule has 0 bridgehead atoms. The van der Waals surface area contributed by atoms with Crippen molar-refractivity contribution in [3.63, 3.8) is 0 Å². The standard InChI is InChI=1S/C18H20N2O5S/c1-24-13-9-10-16(25-2)17(11-13)26(22,23)20-15-6-4-3-5-14(15)18(21)19-12-7-8-12/h3-6,9-12,20H,7-8H2,1-2H3,(H,19,21). The molecule has 26 heavy (non-hydrogen) atoms. The van der Waals surface area contributed by atoms with Gasteiger partial charge in [0.1, 0.15) is 16.4 Å². The van der Waals surface area contributed by atoms with Gasteiger partial charge in [0.25, 0.3) is 15.9 Å². The van der Waals surface area contributed by atoms with Gasteiger partial charge in [0.15, 0.2) is 0 Å². The van der Waals surface area contributed by atoms with E-state index in [4.69, 9.17) is 9.47 Å². The number of ether oxygens (including phenoxy) is 2. The second kappa shape index (κ2) is 7.25. The fourth-order valence-electron chi connectivity index (χ4n) is 2.45. The number of sulfonamides is 1. The maximum absolute atomic E-state index is 12.9. The highest BCUT2D eigenvalue weighted by molar-refractivity contribution is 7.92. The van der Waals surface area contributed by atoms with Gasteiger partial charge in [0.2, 0.25) is 0 Å². The van der Waals surface area contributed by atoms with Gasteiger partial charge in [0.05, 0.1) is 25.5 Å². The number of benzene rings is 2. The zero-order chi connectivity index (χ0) is 18.7. The van der Waals surface area contributed by atoms with Crippen LogP contribution in [0.5, 0.6) is 11.5 Å². The molecule has 0 aromatic heterocycles. The molecule has 7 nitrogen and oxygen atoms in total. The van der Waals surface area contributed by atoms with Crippen LogP contribution in [-0.2, 0) is 10.0 Å². The van der Waals surface area contributed by atoms with Gasteiger partial charge in [0, 0.05) is 12.1 Å². The summed E-state index contributed by atoms with van der Waals surface area (Å²) >= 11 is 0. The Labute approximate surface area is 152 Å². The van der Waals surface area contributed by atoms with Crippen LogP contribution in [0.1, 0.15) is 23.2 Å². The summed E-state index contributed by atoms with van der Waals surface area (Å²) in [6.45, 7) is 0. The van der Waals surface area contributed by atoms with Crippen molar-refractivity contribution in [1.82, 2.24) is 5.32 Å². The maximum Gasteiger partial charge on any atom is 0.265 e. The molecule has 0 unspecified atom stereocenters. The van der Waals surface area contributed by atoms with E-state index in [9.17, 15) is 13.2 Å². The van der Waals surface area contributed by atoms with Crippen LogP contribution >= 0.6 is 0 Å². The Kier molecular flexibility index (Phi) is 5.03. The average molecular weight is 376 g/mol. The molecule has 3 rings (SSSR count). The molecule has 1 saturated carbocycles. The van der Waals surface area contributed by atoms with Crippen LogP contribution in [0.4, 0.5) is 5.69 Å². The van der Waals surface area contributed by atoms with Crippen LogP contribution in [0.3, 0.4) is 0 Å². The molecule has 8 heteroatoms. The molecule has 0 aliphatic heterocycles. The van der Waals surface area contributed by atoms with Crippen molar-refractivity contribution in [2.45, 2.75) is 23.8 Å². The lowest BCUT2D eigenvalue weighted by molar-refractivity contribution is 0.0952. The summed E-state index contributed by atoms with van der Waals surface area (Å²) in [5, 5.41) is 2.86. The molecule has 1 fully saturated rings.